The number of carbonyl (C=O) groups excluding carboxylic acids is 1. The summed E-state index contributed by atoms with van der Waals surface area (Å²) in [6.45, 7) is 0. The second-order valence-electron chi connectivity index (χ2n) is 5.61. The number of methoxy groups -OCH3 is 1. The fourth-order valence-corrected chi connectivity index (χ4v) is 3.40. The highest BCUT2D eigenvalue weighted by atomic mass is 16.5. The van der Waals surface area contributed by atoms with Crippen LogP contribution in [0.1, 0.15) is 64.2 Å². The van der Waals surface area contributed by atoms with Crippen LogP contribution in [0.2, 0.25) is 0 Å². The summed E-state index contributed by atoms with van der Waals surface area (Å²) in [6.07, 6.45) is 11.9. The van der Waals surface area contributed by atoms with Crippen LogP contribution in [0.25, 0.3) is 0 Å². The van der Waals surface area contributed by atoms with Crippen molar-refractivity contribution >= 4 is 5.97 Å². The van der Waals surface area contributed by atoms with Gasteiger partial charge in [-0.2, -0.15) is 0 Å². The number of hydrogen-bond acceptors (Lipinski definition) is 3. The second kappa shape index (κ2) is 5.85. The largest absolute Gasteiger partial charge is 0.468 e. The highest BCUT2D eigenvalue weighted by Gasteiger charge is 2.43. The van der Waals surface area contributed by atoms with Crippen LogP contribution >= 0.6 is 0 Å². The van der Waals surface area contributed by atoms with Gasteiger partial charge in [0.2, 0.25) is 0 Å². The highest BCUT2D eigenvalue weighted by Crippen LogP contribution is 2.32. The Kier molecular flexibility index (Phi) is 4.43. The molecule has 2 fully saturated rings. The van der Waals surface area contributed by atoms with Gasteiger partial charge in [0.25, 0.3) is 0 Å². The van der Waals surface area contributed by atoms with Gasteiger partial charge >= 0.3 is 5.97 Å². The fourth-order valence-electron chi connectivity index (χ4n) is 3.40. The average Bonchev–Trinajstić information content (AvgIpc) is 2.67. The Hall–Kier alpha value is -0.570. The monoisotopic (exact) mass is 239 g/mol. The van der Waals surface area contributed by atoms with E-state index in [9.17, 15) is 4.79 Å². The van der Waals surface area contributed by atoms with E-state index in [4.69, 9.17) is 4.74 Å². The highest BCUT2D eigenvalue weighted by molar-refractivity contribution is 5.81. The van der Waals surface area contributed by atoms with Crippen molar-refractivity contribution in [3.63, 3.8) is 0 Å². The molecule has 0 aromatic heterocycles. The Labute approximate surface area is 104 Å². The number of nitrogens with one attached hydrogen (secondary N) is 1. The van der Waals surface area contributed by atoms with Gasteiger partial charge in [-0.25, -0.2) is 0 Å². The first kappa shape index (κ1) is 12.9. The van der Waals surface area contributed by atoms with Crippen molar-refractivity contribution in [3.05, 3.63) is 0 Å². The number of esters is 1. The summed E-state index contributed by atoms with van der Waals surface area (Å²) < 4.78 is 5.01. The summed E-state index contributed by atoms with van der Waals surface area (Å²) >= 11 is 0. The van der Waals surface area contributed by atoms with Crippen molar-refractivity contribution in [1.82, 2.24) is 5.32 Å². The normalized spacial score (nSPS) is 25.5. The van der Waals surface area contributed by atoms with Crippen LogP contribution in [-0.4, -0.2) is 24.7 Å². The van der Waals surface area contributed by atoms with Crippen molar-refractivity contribution in [2.75, 3.05) is 7.11 Å². The molecule has 0 radical (unpaired) electrons. The molecule has 0 heterocycles. The molecule has 0 spiro atoms. The van der Waals surface area contributed by atoms with Gasteiger partial charge in [-0.15, -0.1) is 0 Å². The smallest absolute Gasteiger partial charge is 0.326 e. The molecule has 0 unspecified atom stereocenters. The molecular formula is C14H25NO2. The summed E-state index contributed by atoms with van der Waals surface area (Å²) in [4.78, 5) is 12.0. The van der Waals surface area contributed by atoms with Gasteiger partial charge < -0.3 is 4.74 Å². The summed E-state index contributed by atoms with van der Waals surface area (Å²) in [5.41, 5.74) is -0.357. The van der Waals surface area contributed by atoms with Crippen molar-refractivity contribution in [2.24, 2.45) is 0 Å². The SMILES string of the molecule is COC(=O)C1(NC2CCCCCC2)CCCC1. The maximum Gasteiger partial charge on any atom is 0.326 e. The van der Waals surface area contributed by atoms with Crippen molar-refractivity contribution < 1.29 is 9.53 Å². The molecule has 3 nitrogen and oxygen atoms in total. The number of ether oxygens (including phenoxy) is 1. The van der Waals surface area contributed by atoms with Crippen molar-refractivity contribution in [2.45, 2.75) is 75.8 Å². The van der Waals surface area contributed by atoms with Gasteiger partial charge in [-0.1, -0.05) is 38.5 Å². The Morgan fingerprint density at radius 2 is 1.65 bits per heavy atom. The third-order valence-corrected chi connectivity index (χ3v) is 4.37. The van der Waals surface area contributed by atoms with Crippen LogP contribution in [0.5, 0.6) is 0 Å². The molecule has 0 amide bonds. The molecule has 98 valence electrons. The minimum atomic E-state index is -0.357. The van der Waals surface area contributed by atoms with E-state index in [0.717, 1.165) is 25.7 Å². The van der Waals surface area contributed by atoms with E-state index in [1.54, 1.807) is 0 Å². The quantitative estimate of drug-likeness (QED) is 0.608. The topological polar surface area (TPSA) is 38.3 Å². The van der Waals surface area contributed by atoms with E-state index in [2.05, 4.69) is 5.32 Å². The molecule has 0 aliphatic heterocycles. The molecule has 2 aliphatic rings. The summed E-state index contributed by atoms with van der Waals surface area (Å²) in [7, 11) is 1.51. The average molecular weight is 239 g/mol. The predicted molar refractivity (Wildman–Crippen MR) is 67.8 cm³/mol. The molecule has 2 rings (SSSR count). The lowest BCUT2D eigenvalue weighted by molar-refractivity contribution is -0.148. The second-order valence-corrected chi connectivity index (χ2v) is 5.61. The fraction of sp³-hybridized carbons (Fsp3) is 0.929. The minimum absolute atomic E-state index is 0.0424. The Morgan fingerprint density at radius 1 is 1.06 bits per heavy atom. The molecule has 0 saturated heterocycles. The van der Waals surface area contributed by atoms with Crippen LogP contribution in [-0.2, 0) is 9.53 Å². The number of rotatable bonds is 3. The maximum absolute atomic E-state index is 12.0. The zero-order valence-electron chi connectivity index (χ0n) is 11.0. The molecule has 0 atom stereocenters. The lowest BCUT2D eigenvalue weighted by Crippen LogP contribution is -2.54. The Morgan fingerprint density at radius 3 is 2.18 bits per heavy atom. The zero-order valence-corrected chi connectivity index (χ0v) is 11.0. The molecular weight excluding hydrogens is 214 g/mol. The molecule has 2 aliphatic carbocycles. The zero-order chi connectivity index (χ0) is 12.1. The van der Waals surface area contributed by atoms with Crippen molar-refractivity contribution in [3.8, 4) is 0 Å². The number of carbonyl (C=O) groups is 1. The summed E-state index contributed by atoms with van der Waals surface area (Å²) in [5.74, 6) is -0.0424. The Balaban J connectivity index is 1.99. The van der Waals surface area contributed by atoms with Crippen LogP contribution in [0.3, 0.4) is 0 Å². The Bertz CT molecular complexity index is 251. The van der Waals surface area contributed by atoms with Crippen molar-refractivity contribution in [1.29, 1.82) is 0 Å². The van der Waals surface area contributed by atoms with Crippen LogP contribution < -0.4 is 5.32 Å². The maximum atomic E-state index is 12.0. The molecule has 0 aromatic rings. The molecule has 0 bridgehead atoms. The molecule has 0 aromatic carbocycles. The van der Waals surface area contributed by atoms with Crippen LogP contribution in [0.4, 0.5) is 0 Å². The van der Waals surface area contributed by atoms with Crippen LogP contribution in [0.15, 0.2) is 0 Å². The van der Waals surface area contributed by atoms with E-state index in [1.165, 1.54) is 45.6 Å². The number of hydrogen-bond donors (Lipinski definition) is 1. The first-order valence-corrected chi connectivity index (χ1v) is 7.13. The van der Waals surface area contributed by atoms with E-state index in [-0.39, 0.29) is 11.5 Å². The standard InChI is InChI=1S/C14H25NO2/c1-17-13(16)14(10-6-7-11-14)15-12-8-4-2-3-5-9-12/h12,15H,2-11H2,1H3. The first-order valence-electron chi connectivity index (χ1n) is 7.13. The molecule has 2 saturated carbocycles. The van der Waals surface area contributed by atoms with E-state index >= 15 is 0 Å². The van der Waals surface area contributed by atoms with Gasteiger partial charge in [-0.05, 0) is 25.7 Å². The van der Waals surface area contributed by atoms with Gasteiger partial charge in [0, 0.05) is 6.04 Å². The first-order chi connectivity index (χ1) is 8.27. The van der Waals surface area contributed by atoms with Gasteiger partial charge in [0.1, 0.15) is 5.54 Å². The molecule has 17 heavy (non-hydrogen) atoms. The molecule has 1 N–H and O–H groups in total. The lowest BCUT2D eigenvalue weighted by atomic mass is 9.94. The van der Waals surface area contributed by atoms with Gasteiger partial charge in [0.15, 0.2) is 0 Å². The minimum Gasteiger partial charge on any atom is -0.468 e. The van der Waals surface area contributed by atoms with Crippen LogP contribution in [0, 0.1) is 0 Å². The van der Waals surface area contributed by atoms with E-state index < -0.39 is 0 Å². The third kappa shape index (κ3) is 3.01. The summed E-state index contributed by atoms with van der Waals surface area (Å²) in [5, 5.41) is 3.65. The van der Waals surface area contributed by atoms with Gasteiger partial charge in [-0.3, -0.25) is 10.1 Å². The third-order valence-electron chi connectivity index (χ3n) is 4.37. The summed E-state index contributed by atoms with van der Waals surface area (Å²) in [6, 6.07) is 0.523. The van der Waals surface area contributed by atoms with E-state index in [0.29, 0.717) is 6.04 Å². The van der Waals surface area contributed by atoms with E-state index in [1.807, 2.05) is 0 Å². The molecule has 3 heteroatoms. The van der Waals surface area contributed by atoms with Gasteiger partial charge in [0.05, 0.1) is 7.11 Å². The predicted octanol–water partition coefficient (Wildman–Crippen LogP) is 2.78. The lowest BCUT2D eigenvalue weighted by Gasteiger charge is -2.32.